The highest BCUT2D eigenvalue weighted by molar-refractivity contribution is 6.29. The van der Waals surface area contributed by atoms with Crippen LogP contribution in [0, 0.1) is 11.3 Å². The molecule has 0 bridgehead atoms. The Morgan fingerprint density at radius 3 is 2.45 bits per heavy atom. The van der Waals surface area contributed by atoms with Crippen molar-refractivity contribution in [2.45, 2.75) is 13.1 Å². The first-order valence-electron chi connectivity index (χ1n) is 5.37. The fourth-order valence-corrected chi connectivity index (χ4v) is 1.62. The van der Waals surface area contributed by atoms with Crippen LogP contribution < -0.4 is 11.5 Å². The summed E-state index contributed by atoms with van der Waals surface area (Å²) < 4.78 is 38.0. The Hall–Kier alpha value is -2.13. The van der Waals surface area contributed by atoms with E-state index in [1.165, 1.54) is 13.0 Å². The minimum atomic E-state index is -4.47. The van der Waals surface area contributed by atoms with Gasteiger partial charge in [0.2, 0.25) is 0 Å². The molecular weight excluding hydrogens is 291 g/mol. The van der Waals surface area contributed by atoms with Gasteiger partial charge in [-0.25, -0.2) is 0 Å². The molecule has 1 rings (SSSR count). The number of nitrogen functional groups attached to an aromatic ring is 1. The summed E-state index contributed by atoms with van der Waals surface area (Å²) in [5, 5.41) is 8.58. The SMILES string of the molecule is C/C(=C\C(C#N)=C(/N)Cl)c1cc(C(F)(F)F)ccc1N. The molecule has 0 aliphatic carbocycles. The Balaban J connectivity index is 3.37. The molecule has 0 aromatic heterocycles. The number of halogens is 4. The summed E-state index contributed by atoms with van der Waals surface area (Å²) in [5.74, 6) is 0. The van der Waals surface area contributed by atoms with Gasteiger partial charge in [-0.2, -0.15) is 18.4 Å². The average molecular weight is 302 g/mol. The fraction of sp³-hybridized carbons (Fsp3) is 0.154. The molecule has 1 aromatic carbocycles. The van der Waals surface area contributed by atoms with Crippen LogP contribution in [0.5, 0.6) is 0 Å². The van der Waals surface area contributed by atoms with Gasteiger partial charge in [-0.3, -0.25) is 0 Å². The number of allylic oxidation sites excluding steroid dienone is 3. The minimum Gasteiger partial charge on any atom is -0.398 e. The zero-order valence-corrected chi connectivity index (χ0v) is 11.2. The quantitative estimate of drug-likeness (QED) is 0.379. The predicted molar refractivity (Wildman–Crippen MR) is 72.2 cm³/mol. The van der Waals surface area contributed by atoms with Crippen molar-refractivity contribution in [2.75, 3.05) is 5.73 Å². The van der Waals surface area contributed by atoms with Crippen LogP contribution in [-0.4, -0.2) is 0 Å². The van der Waals surface area contributed by atoms with E-state index in [4.69, 9.17) is 28.3 Å². The monoisotopic (exact) mass is 301 g/mol. The molecular formula is C13H11ClF3N3. The van der Waals surface area contributed by atoms with E-state index in [1.54, 1.807) is 6.07 Å². The highest BCUT2D eigenvalue weighted by Crippen LogP contribution is 2.33. The first-order chi connectivity index (χ1) is 9.16. The second-order valence-corrected chi connectivity index (χ2v) is 4.41. The van der Waals surface area contributed by atoms with Crippen LogP contribution in [0.25, 0.3) is 5.57 Å². The normalized spacial score (nSPS) is 13.7. The lowest BCUT2D eigenvalue weighted by Gasteiger charge is -2.11. The van der Waals surface area contributed by atoms with E-state index in [2.05, 4.69) is 0 Å². The number of alkyl halides is 3. The van der Waals surface area contributed by atoms with Crippen molar-refractivity contribution >= 4 is 22.9 Å². The first kappa shape index (κ1) is 15.9. The summed E-state index contributed by atoms with van der Waals surface area (Å²) in [4.78, 5) is 0. The molecule has 0 spiro atoms. The molecule has 20 heavy (non-hydrogen) atoms. The number of rotatable bonds is 2. The van der Waals surface area contributed by atoms with Crippen LogP contribution >= 0.6 is 11.6 Å². The van der Waals surface area contributed by atoms with Gasteiger partial charge in [0.1, 0.15) is 11.2 Å². The summed E-state index contributed by atoms with van der Waals surface area (Å²) in [6, 6.07) is 4.72. The second kappa shape index (κ2) is 5.88. The molecule has 7 heteroatoms. The third-order valence-electron chi connectivity index (χ3n) is 2.54. The van der Waals surface area contributed by atoms with Gasteiger partial charge < -0.3 is 11.5 Å². The Bertz CT molecular complexity index is 621. The third kappa shape index (κ3) is 3.68. The van der Waals surface area contributed by atoms with Crippen LogP contribution in [0.4, 0.5) is 18.9 Å². The maximum Gasteiger partial charge on any atom is 0.416 e. The van der Waals surface area contributed by atoms with E-state index in [9.17, 15) is 13.2 Å². The van der Waals surface area contributed by atoms with E-state index >= 15 is 0 Å². The molecule has 0 unspecified atom stereocenters. The fourth-order valence-electron chi connectivity index (χ4n) is 1.52. The van der Waals surface area contributed by atoms with Crippen LogP contribution in [-0.2, 0) is 6.18 Å². The molecule has 4 N–H and O–H groups in total. The molecule has 0 fully saturated rings. The molecule has 3 nitrogen and oxygen atoms in total. The predicted octanol–water partition coefficient (Wildman–Crippen LogP) is 3.62. The van der Waals surface area contributed by atoms with Gasteiger partial charge in [0.05, 0.1) is 11.1 Å². The molecule has 0 aliphatic heterocycles. The zero-order chi connectivity index (χ0) is 15.5. The summed E-state index contributed by atoms with van der Waals surface area (Å²) >= 11 is 5.50. The standard InChI is InChI=1S/C13H11ClF3N3/c1-7(4-8(6-18)12(14)20)10-5-9(13(15,16)17)2-3-11(10)19/h2-5H,19-20H2,1H3/b7-4+,12-8+. The van der Waals surface area contributed by atoms with Gasteiger partial charge in [0.25, 0.3) is 0 Å². The number of hydrogen-bond donors (Lipinski definition) is 2. The van der Waals surface area contributed by atoms with E-state index in [0.29, 0.717) is 5.57 Å². The first-order valence-corrected chi connectivity index (χ1v) is 5.75. The van der Waals surface area contributed by atoms with E-state index in [-0.39, 0.29) is 22.0 Å². The van der Waals surface area contributed by atoms with Gasteiger partial charge in [-0.05, 0) is 36.8 Å². The number of hydrogen-bond acceptors (Lipinski definition) is 3. The Labute approximate surface area is 118 Å². The molecule has 0 saturated carbocycles. The molecule has 106 valence electrons. The lowest BCUT2D eigenvalue weighted by atomic mass is 10.0. The van der Waals surface area contributed by atoms with Crippen LogP contribution in [0.15, 0.2) is 35.0 Å². The topological polar surface area (TPSA) is 75.8 Å². The van der Waals surface area contributed by atoms with Gasteiger partial charge >= 0.3 is 6.18 Å². The number of anilines is 1. The number of nitrogens with two attached hydrogens (primary N) is 2. The second-order valence-electron chi connectivity index (χ2n) is 4.00. The molecule has 0 amide bonds. The third-order valence-corrected chi connectivity index (χ3v) is 2.75. The summed E-state index contributed by atoms with van der Waals surface area (Å²) in [6.45, 7) is 1.52. The van der Waals surface area contributed by atoms with E-state index in [0.717, 1.165) is 18.2 Å². The summed E-state index contributed by atoms with van der Waals surface area (Å²) in [7, 11) is 0. The maximum atomic E-state index is 12.7. The highest BCUT2D eigenvalue weighted by Gasteiger charge is 2.30. The van der Waals surface area contributed by atoms with Gasteiger partial charge in [0.15, 0.2) is 0 Å². The van der Waals surface area contributed by atoms with Crippen molar-refractivity contribution < 1.29 is 13.2 Å². The minimum absolute atomic E-state index is 0.0408. The van der Waals surface area contributed by atoms with Gasteiger partial charge in [0, 0.05) is 11.3 Å². The van der Waals surface area contributed by atoms with Gasteiger partial charge in [-0.1, -0.05) is 11.6 Å². The molecule has 0 atom stereocenters. The average Bonchev–Trinajstić information content (AvgIpc) is 2.34. The Morgan fingerprint density at radius 2 is 2.00 bits per heavy atom. The molecule has 1 aromatic rings. The lowest BCUT2D eigenvalue weighted by molar-refractivity contribution is -0.137. The van der Waals surface area contributed by atoms with Crippen molar-refractivity contribution in [1.82, 2.24) is 0 Å². The number of nitrogens with zero attached hydrogens (tertiary/aromatic N) is 1. The number of benzene rings is 1. The smallest absolute Gasteiger partial charge is 0.398 e. The van der Waals surface area contributed by atoms with Gasteiger partial charge in [-0.15, -0.1) is 0 Å². The Morgan fingerprint density at radius 1 is 1.40 bits per heavy atom. The van der Waals surface area contributed by atoms with Crippen LogP contribution in [0.3, 0.4) is 0 Å². The van der Waals surface area contributed by atoms with E-state index < -0.39 is 11.7 Å². The Kier molecular flexibility index (Phi) is 4.69. The van der Waals surface area contributed by atoms with Crippen molar-refractivity contribution in [2.24, 2.45) is 5.73 Å². The van der Waals surface area contributed by atoms with E-state index in [1.807, 2.05) is 0 Å². The van der Waals surface area contributed by atoms with Crippen molar-refractivity contribution in [1.29, 1.82) is 5.26 Å². The van der Waals surface area contributed by atoms with Crippen molar-refractivity contribution in [3.63, 3.8) is 0 Å². The number of nitriles is 1. The van der Waals surface area contributed by atoms with Crippen LogP contribution in [0.1, 0.15) is 18.1 Å². The van der Waals surface area contributed by atoms with Crippen molar-refractivity contribution in [3.8, 4) is 6.07 Å². The maximum absolute atomic E-state index is 12.7. The summed E-state index contributed by atoms with van der Waals surface area (Å²) in [6.07, 6.45) is -3.18. The zero-order valence-electron chi connectivity index (χ0n) is 10.4. The lowest BCUT2D eigenvalue weighted by Crippen LogP contribution is -2.06. The molecule has 0 aliphatic rings. The molecule has 0 radical (unpaired) electrons. The summed E-state index contributed by atoms with van der Waals surface area (Å²) in [5.41, 5.74) is 10.8. The van der Waals surface area contributed by atoms with Crippen molar-refractivity contribution in [3.05, 3.63) is 46.1 Å². The largest absolute Gasteiger partial charge is 0.416 e. The highest BCUT2D eigenvalue weighted by atomic mass is 35.5. The molecule has 0 heterocycles. The molecule has 0 saturated heterocycles. The van der Waals surface area contributed by atoms with Crippen LogP contribution in [0.2, 0.25) is 0 Å².